The fraction of sp³-hybridized carbons (Fsp3) is 0.114. The van der Waals surface area contributed by atoms with Crippen molar-refractivity contribution in [3.8, 4) is 60.7 Å². The Bertz CT molecular complexity index is 3950. The maximum atomic E-state index is 8.49. The van der Waals surface area contributed by atoms with Crippen LogP contribution in [0.1, 0.15) is 69.2 Å². The Labute approximate surface area is 835 Å². The second kappa shape index (κ2) is 95.5. The van der Waals surface area contributed by atoms with E-state index in [-0.39, 0.29) is 89.5 Å². The SMILES string of the molecule is CC#N.CC#N.CC#N.CC#N.CC#N.CC#N.CC#N.CC#N.CC#N.CC#N.[Ag+].[Ag+].[Ag+].[Ag+].[O-][Cl+3]([O-])([O-])[O-].[O-][Cl+3]([O-])([O-])[O-].[O-][Cl+3]([O-])([O-])[O-].[O-][Cl+3]([O-])([O-])[O-].c1ccc([PH+](c2ccccc2)c2ccccn2)cc1.c1ccc([PH+](c2ccccc2)c2ccccn2)cc1.c1ccc([PH+](c2ccccc2)c2ccccn2)cc1.c1ccc([PH+](c2ccccc2)c2ccccn2)cc1. The molecule has 0 spiro atoms. The van der Waals surface area contributed by atoms with E-state index in [1.807, 2.05) is 49.1 Å². The van der Waals surface area contributed by atoms with Crippen LogP contribution in [0.3, 0.4) is 0 Å². The Hall–Kier alpha value is -9.54. The summed E-state index contributed by atoms with van der Waals surface area (Å²) in [5.74, 6) is 0. The van der Waals surface area contributed by atoms with E-state index in [2.05, 4.69) is 311 Å². The van der Waals surface area contributed by atoms with Crippen LogP contribution < -0.4 is 139 Å². The zero-order chi connectivity index (χ0) is 96.7. The molecule has 4 heterocycles. The maximum absolute atomic E-state index is 8.49. The average molecular weight is 2300 g/mol. The van der Waals surface area contributed by atoms with Gasteiger partial charge in [-0.25, -0.2) is 94.5 Å². The Morgan fingerprint density at radius 2 is 0.246 bits per heavy atom. The molecule has 0 saturated carbocycles. The number of nitriles is 10. The van der Waals surface area contributed by atoms with Crippen molar-refractivity contribution in [2.45, 2.75) is 69.2 Å². The summed E-state index contributed by atoms with van der Waals surface area (Å²) in [5, 5.41) is 84.2. The van der Waals surface area contributed by atoms with Gasteiger partial charge in [-0.1, -0.05) is 170 Å². The van der Waals surface area contributed by atoms with Crippen LogP contribution in [0, 0.1) is 154 Å². The molecule has 0 bridgehead atoms. The van der Waals surface area contributed by atoms with Gasteiger partial charge in [0.1, 0.15) is 74.1 Å². The van der Waals surface area contributed by atoms with E-state index >= 15 is 0 Å². The number of benzene rings is 8. The van der Waals surface area contributed by atoms with Gasteiger partial charge in [0.25, 0.3) is 0 Å². The second-order valence-electron chi connectivity index (χ2n) is 21.0. The number of nitrogens with zero attached hydrogens (tertiary/aromatic N) is 14. The van der Waals surface area contributed by atoms with Crippen LogP contribution in [0.15, 0.2) is 340 Å². The summed E-state index contributed by atoms with van der Waals surface area (Å²) in [7, 11) is -23.7. The van der Waals surface area contributed by atoms with Gasteiger partial charge in [0, 0.05) is 118 Å². The molecule has 30 nitrogen and oxygen atoms in total. The van der Waals surface area contributed by atoms with E-state index in [0.717, 1.165) is 0 Å². The van der Waals surface area contributed by atoms with Crippen molar-refractivity contribution in [3.05, 3.63) is 340 Å². The number of hydrogen-bond acceptors (Lipinski definition) is 30. The average Bonchev–Trinajstić information content (AvgIpc) is 0.839. The van der Waals surface area contributed by atoms with Gasteiger partial charge in [-0.2, -0.15) is 52.6 Å². The van der Waals surface area contributed by atoms with Crippen molar-refractivity contribution in [2.24, 2.45) is 0 Å². The van der Waals surface area contributed by atoms with E-state index < -0.39 is 72.7 Å². The van der Waals surface area contributed by atoms with E-state index in [4.69, 9.17) is 127 Å². The molecule has 696 valence electrons. The Morgan fingerprint density at radius 3 is 0.315 bits per heavy atom. The summed E-state index contributed by atoms with van der Waals surface area (Å²) < 4.78 is 136. The molecule has 0 atom stereocenters. The molecule has 0 saturated heterocycles. The third-order valence-electron chi connectivity index (χ3n) is 12.2. The van der Waals surface area contributed by atoms with Crippen LogP contribution >= 0.6 is 31.7 Å². The predicted molar refractivity (Wildman–Crippen MR) is 450 cm³/mol. The third kappa shape index (κ3) is 90.4. The van der Waals surface area contributed by atoms with Crippen LogP contribution in [-0.2, 0) is 89.5 Å². The number of rotatable bonds is 12. The smallest absolute Gasteiger partial charge is 0.222 e. The fourth-order valence-electron chi connectivity index (χ4n) is 8.73. The molecule has 0 N–H and O–H groups in total. The topological polar surface area (TPSA) is 658 Å². The molecule has 42 heteroatoms. The van der Waals surface area contributed by atoms with Crippen molar-refractivity contribution < 1.29 is 205 Å². The minimum atomic E-state index is -4.94. The molecule has 0 aliphatic heterocycles. The van der Waals surface area contributed by atoms with E-state index in [0.29, 0.717) is 0 Å². The minimum Gasteiger partial charge on any atom is -0.222 e. The van der Waals surface area contributed by atoms with Gasteiger partial charge in [-0.3, -0.25) is 0 Å². The quantitative estimate of drug-likeness (QED) is 0.0848. The number of hydrogen-bond donors (Lipinski definition) is 0. The molecule has 130 heavy (non-hydrogen) atoms. The van der Waals surface area contributed by atoms with Crippen molar-refractivity contribution in [3.63, 3.8) is 0 Å². The number of aromatic nitrogens is 4. The Balaban J connectivity index is -0.000000156. The van der Waals surface area contributed by atoms with Gasteiger partial charge in [0.05, 0.1) is 60.7 Å². The molecule has 0 radical (unpaired) electrons. The first-order valence-electron chi connectivity index (χ1n) is 35.1. The van der Waals surface area contributed by atoms with Gasteiger partial charge in [-0.05, 0) is 121 Å². The molecule has 8 aromatic carbocycles. The Morgan fingerprint density at radius 1 is 0.169 bits per heavy atom. The number of halogens is 4. The van der Waals surface area contributed by atoms with Gasteiger partial charge in [0.15, 0.2) is 21.7 Å². The van der Waals surface area contributed by atoms with Crippen LogP contribution in [0.2, 0.25) is 0 Å². The standard InChI is InChI=1S/4C17H14NP.10C2H3N.4Ag.4ClHO4/c4*1-3-9-15(10-4-1)19(16-11-5-2-6-12-16)17-13-7-8-14-18-17;10*1-2-3;;;;;4*2-1(3,4)5/h4*1-14H;10*1H3;;;;;4*(H,2,3,4,5)/q;;;;;;;;;;;;;;4*+1;;;;. The van der Waals surface area contributed by atoms with E-state index in [1.54, 1.807) is 60.7 Å². The van der Waals surface area contributed by atoms with Gasteiger partial charge in [-0.15, -0.1) is 41.0 Å². The molecule has 0 fully saturated rings. The molecule has 12 rings (SSSR count). The van der Waals surface area contributed by atoms with Gasteiger partial charge < -0.3 is 0 Å². The maximum Gasteiger partial charge on any atom is 1.00 e. The van der Waals surface area contributed by atoms with Crippen molar-refractivity contribution >= 4 is 95.9 Å². The summed E-state index contributed by atoms with van der Waals surface area (Å²) >= 11 is 0. The summed E-state index contributed by atoms with van der Waals surface area (Å²) in [6, 6.07) is 128. The molecular formula is C88H90Ag4Cl4N14O16P4+4. The molecule has 4 aromatic heterocycles. The second-order valence-corrected chi connectivity index (χ2v) is 33.7. The van der Waals surface area contributed by atoms with Crippen LogP contribution in [-0.4, -0.2) is 19.9 Å². The molecule has 0 aliphatic carbocycles. The normalized spacial score (nSPS) is 8.65. The van der Waals surface area contributed by atoms with Gasteiger partial charge >= 0.3 is 89.5 Å². The summed E-state index contributed by atoms with van der Waals surface area (Å²) in [6.45, 7) is 14.3. The summed E-state index contributed by atoms with van der Waals surface area (Å²) in [6.07, 6.45) is 7.52. The van der Waals surface area contributed by atoms with Gasteiger partial charge in [0.2, 0.25) is 0 Å². The van der Waals surface area contributed by atoms with E-state index in [9.17, 15) is 0 Å². The first-order chi connectivity index (χ1) is 59.9. The van der Waals surface area contributed by atoms with Crippen LogP contribution in [0.25, 0.3) is 0 Å². The van der Waals surface area contributed by atoms with Crippen molar-refractivity contribution in [2.75, 3.05) is 0 Å². The fourth-order valence-corrected chi connectivity index (χ4v) is 18.5. The summed E-state index contributed by atoms with van der Waals surface area (Å²) in [4.78, 5) is 18.3. The first-order valence-corrected chi connectivity index (χ1v) is 46.0. The molecular weight excluding hydrogens is 2210 g/mol. The zero-order valence-corrected chi connectivity index (χ0v) is 83.8. The molecule has 0 aliphatic rings. The van der Waals surface area contributed by atoms with Crippen molar-refractivity contribution in [1.29, 1.82) is 52.6 Å². The summed E-state index contributed by atoms with van der Waals surface area (Å²) in [5.41, 5.74) is 4.74. The third-order valence-corrected chi connectivity index (χ3v) is 22.7. The van der Waals surface area contributed by atoms with E-state index in [1.165, 1.54) is 133 Å². The predicted octanol–water partition coefficient (Wildman–Crippen LogP) is -3.45. The minimum absolute atomic E-state index is 0. The first kappa shape index (κ1) is 141. The monoisotopic (exact) mass is 2290 g/mol. The van der Waals surface area contributed by atoms with Crippen LogP contribution in [0.5, 0.6) is 0 Å². The molecule has 0 unspecified atom stereocenters. The molecule has 0 amide bonds. The Kier molecular flexibility index (Phi) is 104. The largest absolute Gasteiger partial charge is 1.00 e. The molecule has 12 aromatic rings. The number of pyridine rings is 4. The van der Waals surface area contributed by atoms with Crippen LogP contribution in [0.4, 0.5) is 0 Å². The van der Waals surface area contributed by atoms with Crippen molar-refractivity contribution in [1.82, 2.24) is 19.9 Å². The zero-order valence-electron chi connectivity index (χ0n) is 70.8.